The SMILES string of the molecule is CC(C)(C)OC(=O)CC[C@@H](C(N)=O)N1Cc2c(OCc3ccc(C#N)cc3)cc(F)cc2C1=O. The normalized spacial score (nSPS) is 13.7. The third-order valence-corrected chi connectivity index (χ3v) is 5.22. The Morgan fingerprint density at radius 2 is 1.91 bits per heavy atom. The lowest BCUT2D eigenvalue weighted by Gasteiger charge is -2.26. The summed E-state index contributed by atoms with van der Waals surface area (Å²) in [5, 5.41) is 8.91. The topological polar surface area (TPSA) is 123 Å². The molecule has 0 spiro atoms. The van der Waals surface area contributed by atoms with Crippen molar-refractivity contribution < 1.29 is 28.2 Å². The summed E-state index contributed by atoms with van der Waals surface area (Å²) in [6.07, 6.45) is -0.130. The van der Waals surface area contributed by atoms with Gasteiger partial charge in [-0.3, -0.25) is 14.4 Å². The molecule has 2 aromatic rings. The zero-order valence-corrected chi connectivity index (χ0v) is 19.3. The number of carbonyl (C=O) groups excluding carboxylic acids is 3. The fourth-order valence-corrected chi connectivity index (χ4v) is 3.68. The predicted octanol–water partition coefficient (Wildman–Crippen LogP) is 3.21. The summed E-state index contributed by atoms with van der Waals surface area (Å²) in [6.45, 7) is 5.26. The van der Waals surface area contributed by atoms with Gasteiger partial charge in [-0.05, 0) is 51.0 Å². The molecule has 0 unspecified atom stereocenters. The van der Waals surface area contributed by atoms with E-state index in [0.717, 1.165) is 11.6 Å². The van der Waals surface area contributed by atoms with E-state index in [1.165, 1.54) is 11.0 Å². The molecular formula is C25H26FN3O5. The number of nitriles is 1. The highest BCUT2D eigenvalue weighted by Crippen LogP contribution is 2.34. The van der Waals surface area contributed by atoms with Crippen LogP contribution in [0, 0.1) is 17.1 Å². The summed E-state index contributed by atoms with van der Waals surface area (Å²) in [5.41, 5.74) is 6.63. The summed E-state index contributed by atoms with van der Waals surface area (Å²) in [6, 6.07) is 9.95. The van der Waals surface area contributed by atoms with Crippen molar-refractivity contribution >= 4 is 17.8 Å². The van der Waals surface area contributed by atoms with Crippen molar-refractivity contribution in [2.24, 2.45) is 5.73 Å². The number of ether oxygens (including phenoxy) is 2. The van der Waals surface area contributed by atoms with E-state index in [4.69, 9.17) is 20.5 Å². The van der Waals surface area contributed by atoms with Crippen molar-refractivity contribution in [2.75, 3.05) is 0 Å². The van der Waals surface area contributed by atoms with Crippen molar-refractivity contribution in [1.29, 1.82) is 5.26 Å². The molecule has 1 atom stereocenters. The number of nitrogens with zero attached hydrogens (tertiary/aromatic N) is 2. The molecule has 34 heavy (non-hydrogen) atoms. The molecule has 178 valence electrons. The van der Waals surface area contributed by atoms with Crippen LogP contribution in [0.15, 0.2) is 36.4 Å². The second-order valence-electron chi connectivity index (χ2n) is 9.00. The van der Waals surface area contributed by atoms with Gasteiger partial charge in [0.1, 0.15) is 29.8 Å². The molecule has 2 amide bonds. The minimum Gasteiger partial charge on any atom is -0.488 e. The van der Waals surface area contributed by atoms with Crippen molar-refractivity contribution in [1.82, 2.24) is 4.90 Å². The molecule has 0 saturated heterocycles. The number of primary amides is 1. The summed E-state index contributed by atoms with van der Waals surface area (Å²) < 4.78 is 25.3. The fraction of sp³-hybridized carbons (Fsp3) is 0.360. The number of rotatable bonds is 8. The average Bonchev–Trinajstić information content (AvgIpc) is 3.07. The third kappa shape index (κ3) is 5.90. The van der Waals surface area contributed by atoms with Crippen LogP contribution in [0.25, 0.3) is 0 Å². The van der Waals surface area contributed by atoms with Crippen LogP contribution in [0.2, 0.25) is 0 Å². The molecule has 0 aromatic heterocycles. The van der Waals surface area contributed by atoms with E-state index in [1.54, 1.807) is 45.0 Å². The maximum Gasteiger partial charge on any atom is 0.306 e. The van der Waals surface area contributed by atoms with Crippen LogP contribution >= 0.6 is 0 Å². The molecular weight excluding hydrogens is 441 g/mol. The Labute approximate surface area is 197 Å². The first kappa shape index (κ1) is 24.7. The summed E-state index contributed by atoms with van der Waals surface area (Å²) in [4.78, 5) is 38.5. The zero-order valence-electron chi connectivity index (χ0n) is 19.3. The Kier molecular flexibility index (Phi) is 7.20. The van der Waals surface area contributed by atoms with Gasteiger partial charge in [0.05, 0.1) is 23.7 Å². The fourth-order valence-electron chi connectivity index (χ4n) is 3.68. The first-order valence-electron chi connectivity index (χ1n) is 10.7. The van der Waals surface area contributed by atoms with Gasteiger partial charge in [-0.25, -0.2) is 4.39 Å². The first-order chi connectivity index (χ1) is 16.0. The van der Waals surface area contributed by atoms with Gasteiger partial charge in [-0.1, -0.05) is 12.1 Å². The maximum atomic E-state index is 14.3. The molecule has 0 fully saturated rings. The Balaban J connectivity index is 1.76. The highest BCUT2D eigenvalue weighted by Gasteiger charge is 2.38. The molecule has 2 aromatic carbocycles. The van der Waals surface area contributed by atoms with E-state index >= 15 is 0 Å². The van der Waals surface area contributed by atoms with Gasteiger partial charge in [0.2, 0.25) is 5.91 Å². The minimum atomic E-state index is -1.07. The summed E-state index contributed by atoms with van der Waals surface area (Å²) in [5.74, 6) is -2.34. The lowest BCUT2D eigenvalue weighted by atomic mass is 10.1. The van der Waals surface area contributed by atoms with Gasteiger partial charge in [0.25, 0.3) is 5.91 Å². The molecule has 0 radical (unpaired) electrons. The molecule has 1 aliphatic heterocycles. The van der Waals surface area contributed by atoms with Crippen LogP contribution in [-0.4, -0.2) is 34.3 Å². The monoisotopic (exact) mass is 467 g/mol. The van der Waals surface area contributed by atoms with Crippen molar-refractivity contribution in [3.63, 3.8) is 0 Å². The minimum absolute atomic E-state index is 0.0148. The highest BCUT2D eigenvalue weighted by molar-refractivity contribution is 6.01. The van der Waals surface area contributed by atoms with E-state index in [9.17, 15) is 18.8 Å². The van der Waals surface area contributed by atoms with Crippen molar-refractivity contribution in [2.45, 2.75) is 58.4 Å². The third-order valence-electron chi connectivity index (χ3n) is 5.22. The number of hydrogen-bond acceptors (Lipinski definition) is 6. The van der Waals surface area contributed by atoms with E-state index in [0.29, 0.717) is 11.1 Å². The van der Waals surface area contributed by atoms with Crippen LogP contribution in [0.3, 0.4) is 0 Å². The number of esters is 1. The molecule has 1 heterocycles. The van der Waals surface area contributed by atoms with E-state index < -0.39 is 35.2 Å². The average molecular weight is 467 g/mol. The van der Waals surface area contributed by atoms with E-state index in [1.807, 2.05) is 6.07 Å². The Bertz CT molecular complexity index is 1150. The van der Waals surface area contributed by atoms with Gasteiger partial charge < -0.3 is 20.1 Å². The number of nitrogens with two attached hydrogens (primary N) is 1. The second kappa shape index (κ2) is 9.91. The molecule has 8 nitrogen and oxygen atoms in total. The molecule has 3 rings (SSSR count). The summed E-state index contributed by atoms with van der Waals surface area (Å²) >= 11 is 0. The van der Waals surface area contributed by atoms with Gasteiger partial charge >= 0.3 is 5.97 Å². The van der Waals surface area contributed by atoms with Gasteiger partial charge in [-0.2, -0.15) is 5.26 Å². The van der Waals surface area contributed by atoms with Gasteiger partial charge in [0.15, 0.2) is 0 Å². The number of benzene rings is 2. The van der Waals surface area contributed by atoms with Crippen LogP contribution in [-0.2, 0) is 27.5 Å². The molecule has 0 bridgehead atoms. The predicted molar refractivity (Wildman–Crippen MR) is 120 cm³/mol. The molecule has 1 aliphatic rings. The van der Waals surface area contributed by atoms with Crippen LogP contribution < -0.4 is 10.5 Å². The number of hydrogen-bond donors (Lipinski definition) is 1. The van der Waals surface area contributed by atoms with Gasteiger partial charge in [-0.15, -0.1) is 0 Å². The number of halogens is 1. The Morgan fingerprint density at radius 3 is 2.50 bits per heavy atom. The van der Waals surface area contributed by atoms with Crippen LogP contribution in [0.5, 0.6) is 5.75 Å². The standard InChI is InChI=1S/C25H26FN3O5/c1-25(2,3)34-22(30)9-8-20(23(28)31)29-13-19-18(24(29)32)10-17(26)11-21(19)33-14-16-6-4-15(12-27)5-7-16/h4-7,10-11,20H,8-9,13-14H2,1-3H3,(H2,28,31)/t20-/m0/s1. The van der Waals surface area contributed by atoms with Crippen molar-refractivity contribution in [3.05, 3.63) is 64.5 Å². The van der Waals surface area contributed by atoms with E-state index in [-0.39, 0.29) is 37.3 Å². The smallest absolute Gasteiger partial charge is 0.306 e. The van der Waals surface area contributed by atoms with Gasteiger partial charge in [0, 0.05) is 18.1 Å². The number of fused-ring (bicyclic) bond motifs is 1. The molecule has 0 aliphatic carbocycles. The quantitative estimate of drug-likeness (QED) is 0.595. The van der Waals surface area contributed by atoms with Crippen LogP contribution in [0.1, 0.15) is 60.7 Å². The maximum absolute atomic E-state index is 14.3. The molecule has 2 N–H and O–H groups in total. The zero-order chi connectivity index (χ0) is 25.0. The van der Waals surface area contributed by atoms with Crippen LogP contribution in [0.4, 0.5) is 4.39 Å². The number of amides is 2. The number of carbonyl (C=O) groups is 3. The second-order valence-corrected chi connectivity index (χ2v) is 9.00. The first-order valence-corrected chi connectivity index (χ1v) is 10.7. The Morgan fingerprint density at radius 1 is 1.24 bits per heavy atom. The summed E-state index contributed by atoms with van der Waals surface area (Å²) in [7, 11) is 0. The largest absolute Gasteiger partial charge is 0.488 e. The highest BCUT2D eigenvalue weighted by atomic mass is 19.1. The lowest BCUT2D eigenvalue weighted by Crippen LogP contribution is -2.45. The Hall–Kier alpha value is -3.93. The van der Waals surface area contributed by atoms with E-state index in [2.05, 4.69) is 0 Å². The lowest BCUT2D eigenvalue weighted by molar-refractivity contribution is -0.155. The molecule has 0 saturated carbocycles. The van der Waals surface area contributed by atoms with Crippen molar-refractivity contribution in [3.8, 4) is 11.8 Å². The molecule has 9 heteroatoms.